The molecule has 2 aromatic rings. The van der Waals surface area contributed by atoms with Crippen molar-refractivity contribution in [3.8, 4) is 11.8 Å². The Kier molecular flexibility index (Phi) is 4.13. The Labute approximate surface area is 117 Å². The van der Waals surface area contributed by atoms with Crippen LogP contribution in [-0.2, 0) is 6.61 Å². The second kappa shape index (κ2) is 5.81. The molecule has 2 aromatic carbocycles. The van der Waals surface area contributed by atoms with Crippen LogP contribution in [0.2, 0.25) is 0 Å². The van der Waals surface area contributed by atoms with E-state index in [1.165, 1.54) is 30.3 Å². The van der Waals surface area contributed by atoms with Gasteiger partial charge in [-0.1, -0.05) is 15.9 Å². The van der Waals surface area contributed by atoms with Gasteiger partial charge in [-0.25, -0.2) is 8.78 Å². The van der Waals surface area contributed by atoms with E-state index in [0.29, 0.717) is 15.6 Å². The van der Waals surface area contributed by atoms with Crippen LogP contribution in [0.4, 0.5) is 8.78 Å². The summed E-state index contributed by atoms with van der Waals surface area (Å²) in [6.07, 6.45) is 0. The zero-order chi connectivity index (χ0) is 13.8. The van der Waals surface area contributed by atoms with Crippen LogP contribution in [0.25, 0.3) is 0 Å². The molecule has 0 saturated carbocycles. The van der Waals surface area contributed by atoms with Gasteiger partial charge in [-0.3, -0.25) is 0 Å². The summed E-state index contributed by atoms with van der Waals surface area (Å²) in [5.74, 6) is -0.937. The number of ether oxygens (including phenoxy) is 1. The van der Waals surface area contributed by atoms with Gasteiger partial charge < -0.3 is 4.74 Å². The van der Waals surface area contributed by atoms with E-state index in [2.05, 4.69) is 15.9 Å². The molecule has 0 amide bonds. The Hall–Kier alpha value is -1.93. The number of nitriles is 1. The number of rotatable bonds is 3. The maximum atomic E-state index is 13.4. The van der Waals surface area contributed by atoms with Gasteiger partial charge in [-0.15, -0.1) is 0 Å². The molecule has 0 spiro atoms. The molecular formula is C14H8BrF2NO. The summed E-state index contributed by atoms with van der Waals surface area (Å²) in [5, 5.41) is 8.90. The zero-order valence-corrected chi connectivity index (χ0v) is 11.2. The van der Waals surface area contributed by atoms with Gasteiger partial charge in [0, 0.05) is 10.0 Å². The van der Waals surface area contributed by atoms with Gasteiger partial charge in [0.1, 0.15) is 12.4 Å². The highest BCUT2D eigenvalue weighted by atomic mass is 79.9. The van der Waals surface area contributed by atoms with Crippen LogP contribution in [0.15, 0.2) is 40.9 Å². The minimum Gasteiger partial charge on any atom is -0.486 e. The molecule has 0 atom stereocenters. The Morgan fingerprint density at radius 2 is 1.95 bits per heavy atom. The van der Waals surface area contributed by atoms with Crippen LogP contribution in [0.1, 0.15) is 11.1 Å². The summed E-state index contributed by atoms with van der Waals surface area (Å²) in [6.45, 7) is -0.0754. The lowest BCUT2D eigenvalue weighted by atomic mass is 10.1. The Morgan fingerprint density at radius 1 is 1.16 bits per heavy atom. The topological polar surface area (TPSA) is 33.0 Å². The summed E-state index contributed by atoms with van der Waals surface area (Å²) in [7, 11) is 0. The lowest BCUT2D eigenvalue weighted by molar-refractivity contribution is 0.289. The molecule has 19 heavy (non-hydrogen) atoms. The summed E-state index contributed by atoms with van der Waals surface area (Å²) in [5.41, 5.74) is 0.679. The van der Waals surface area contributed by atoms with E-state index in [4.69, 9.17) is 10.00 Å². The van der Waals surface area contributed by atoms with Crippen molar-refractivity contribution in [1.29, 1.82) is 5.26 Å². The first-order chi connectivity index (χ1) is 9.10. The average Bonchev–Trinajstić information content (AvgIpc) is 2.40. The van der Waals surface area contributed by atoms with Gasteiger partial charge in [-0.05, 0) is 36.4 Å². The standard InChI is InChI=1S/C14H8BrF2NO/c15-11-2-4-13(17)14(6-11)19-8-10-5-12(16)3-1-9(10)7-18/h1-6H,8H2. The average molecular weight is 324 g/mol. The van der Waals surface area contributed by atoms with Crippen molar-refractivity contribution in [3.05, 3.63) is 63.6 Å². The summed E-state index contributed by atoms with van der Waals surface area (Å²) < 4.78 is 32.5. The Bertz CT molecular complexity index is 652. The molecule has 0 aromatic heterocycles. The first-order valence-corrected chi connectivity index (χ1v) is 6.16. The van der Waals surface area contributed by atoms with Crippen molar-refractivity contribution in [1.82, 2.24) is 0 Å². The third-order valence-electron chi connectivity index (χ3n) is 2.46. The van der Waals surface area contributed by atoms with Crippen molar-refractivity contribution >= 4 is 15.9 Å². The van der Waals surface area contributed by atoms with Crippen molar-refractivity contribution in [2.45, 2.75) is 6.61 Å². The number of benzene rings is 2. The fourth-order valence-electron chi connectivity index (χ4n) is 1.53. The van der Waals surface area contributed by atoms with Crippen LogP contribution in [-0.4, -0.2) is 0 Å². The molecular weight excluding hydrogens is 316 g/mol. The van der Waals surface area contributed by atoms with Crippen LogP contribution in [0, 0.1) is 23.0 Å². The molecule has 5 heteroatoms. The Balaban J connectivity index is 2.21. The van der Waals surface area contributed by atoms with Crippen molar-refractivity contribution in [2.24, 2.45) is 0 Å². The SMILES string of the molecule is N#Cc1ccc(F)cc1COc1cc(Br)ccc1F. The molecule has 2 nitrogen and oxygen atoms in total. The first kappa shape index (κ1) is 13.5. The van der Waals surface area contributed by atoms with E-state index < -0.39 is 11.6 Å². The molecule has 0 radical (unpaired) electrons. The fraction of sp³-hybridized carbons (Fsp3) is 0.0714. The Morgan fingerprint density at radius 3 is 2.68 bits per heavy atom. The van der Waals surface area contributed by atoms with Gasteiger partial charge in [0.2, 0.25) is 0 Å². The van der Waals surface area contributed by atoms with E-state index in [-0.39, 0.29) is 12.4 Å². The van der Waals surface area contributed by atoms with Gasteiger partial charge >= 0.3 is 0 Å². The zero-order valence-electron chi connectivity index (χ0n) is 9.66. The van der Waals surface area contributed by atoms with Gasteiger partial charge in [-0.2, -0.15) is 5.26 Å². The van der Waals surface area contributed by atoms with E-state index >= 15 is 0 Å². The third-order valence-corrected chi connectivity index (χ3v) is 2.96. The minimum absolute atomic E-state index is 0.0440. The van der Waals surface area contributed by atoms with Gasteiger partial charge in [0.15, 0.2) is 11.6 Å². The van der Waals surface area contributed by atoms with Gasteiger partial charge in [0.25, 0.3) is 0 Å². The maximum absolute atomic E-state index is 13.4. The van der Waals surface area contributed by atoms with Crippen molar-refractivity contribution < 1.29 is 13.5 Å². The highest BCUT2D eigenvalue weighted by Crippen LogP contribution is 2.23. The third kappa shape index (κ3) is 3.30. The molecule has 2 rings (SSSR count). The normalized spacial score (nSPS) is 10.0. The molecule has 0 fully saturated rings. The molecule has 0 bridgehead atoms. The predicted octanol–water partition coefficient (Wildman–Crippen LogP) is 4.18. The van der Waals surface area contributed by atoms with Crippen LogP contribution >= 0.6 is 15.9 Å². The highest BCUT2D eigenvalue weighted by Gasteiger charge is 2.08. The van der Waals surface area contributed by atoms with E-state index in [1.807, 2.05) is 6.07 Å². The second-order valence-electron chi connectivity index (χ2n) is 3.78. The van der Waals surface area contributed by atoms with E-state index in [9.17, 15) is 8.78 Å². The molecule has 0 aliphatic heterocycles. The summed E-state index contributed by atoms with van der Waals surface area (Å²) in [6, 6.07) is 9.98. The van der Waals surface area contributed by atoms with E-state index in [1.54, 1.807) is 6.07 Å². The highest BCUT2D eigenvalue weighted by molar-refractivity contribution is 9.10. The number of halogens is 3. The van der Waals surface area contributed by atoms with Crippen LogP contribution < -0.4 is 4.74 Å². The largest absolute Gasteiger partial charge is 0.486 e. The summed E-state index contributed by atoms with van der Waals surface area (Å²) >= 11 is 3.20. The number of hydrogen-bond donors (Lipinski definition) is 0. The smallest absolute Gasteiger partial charge is 0.165 e. The summed E-state index contributed by atoms with van der Waals surface area (Å²) in [4.78, 5) is 0. The van der Waals surface area contributed by atoms with Crippen molar-refractivity contribution in [3.63, 3.8) is 0 Å². The molecule has 96 valence electrons. The van der Waals surface area contributed by atoms with E-state index in [0.717, 1.165) is 0 Å². The number of hydrogen-bond acceptors (Lipinski definition) is 2. The van der Waals surface area contributed by atoms with Crippen molar-refractivity contribution in [2.75, 3.05) is 0 Å². The quantitative estimate of drug-likeness (QED) is 0.849. The second-order valence-corrected chi connectivity index (χ2v) is 4.69. The molecule has 0 aliphatic carbocycles. The molecule has 0 aliphatic rings. The lowest BCUT2D eigenvalue weighted by Gasteiger charge is -2.09. The molecule has 0 heterocycles. The number of nitrogens with zero attached hydrogens (tertiary/aromatic N) is 1. The molecule has 0 saturated heterocycles. The fourth-order valence-corrected chi connectivity index (χ4v) is 1.87. The maximum Gasteiger partial charge on any atom is 0.165 e. The molecule has 0 unspecified atom stereocenters. The van der Waals surface area contributed by atoms with Crippen LogP contribution in [0.5, 0.6) is 5.75 Å². The van der Waals surface area contributed by atoms with Crippen LogP contribution in [0.3, 0.4) is 0 Å². The minimum atomic E-state index is -0.516. The predicted molar refractivity (Wildman–Crippen MR) is 69.5 cm³/mol. The molecule has 0 N–H and O–H groups in total. The monoisotopic (exact) mass is 323 g/mol. The van der Waals surface area contributed by atoms with Gasteiger partial charge in [0.05, 0.1) is 11.6 Å². The lowest BCUT2D eigenvalue weighted by Crippen LogP contribution is -2.00. The first-order valence-electron chi connectivity index (χ1n) is 5.36.